The van der Waals surface area contributed by atoms with E-state index in [-0.39, 0.29) is 18.4 Å². The number of hydrogen-bond donors (Lipinski definition) is 1. The molecule has 0 bridgehead atoms. The van der Waals surface area contributed by atoms with Gasteiger partial charge in [-0.25, -0.2) is 0 Å². The zero-order valence-electron chi connectivity index (χ0n) is 19.8. The van der Waals surface area contributed by atoms with Crippen LogP contribution in [0.15, 0.2) is 84.9 Å². The second kappa shape index (κ2) is 13.0. The molecule has 1 N–H and O–H groups in total. The molecule has 6 nitrogen and oxygen atoms in total. The molecule has 2 amide bonds. The topological polar surface area (TPSA) is 67.9 Å². The molecule has 0 aliphatic carbocycles. The number of rotatable bonds is 12. The fourth-order valence-corrected chi connectivity index (χ4v) is 3.66. The number of benzene rings is 3. The highest BCUT2D eigenvalue weighted by Gasteiger charge is 2.30. The first-order valence-corrected chi connectivity index (χ1v) is 11.5. The van der Waals surface area contributed by atoms with E-state index in [0.717, 1.165) is 17.5 Å². The largest absolute Gasteiger partial charge is 0.493 e. The van der Waals surface area contributed by atoms with Gasteiger partial charge >= 0.3 is 0 Å². The van der Waals surface area contributed by atoms with Gasteiger partial charge in [0.05, 0.1) is 7.11 Å². The Hall–Kier alpha value is -3.80. The number of para-hydroxylation sites is 2. The lowest BCUT2D eigenvalue weighted by atomic mass is 10.0. The minimum absolute atomic E-state index is 0.174. The number of ether oxygens (including phenoxy) is 2. The molecule has 0 aliphatic heterocycles. The van der Waals surface area contributed by atoms with Crippen molar-refractivity contribution in [2.45, 2.75) is 32.4 Å². The Bertz CT molecular complexity index is 1040. The number of nitrogens with zero attached hydrogens (tertiary/aromatic N) is 1. The molecule has 0 fully saturated rings. The Balaban J connectivity index is 1.88. The summed E-state index contributed by atoms with van der Waals surface area (Å²) >= 11 is 0. The summed E-state index contributed by atoms with van der Waals surface area (Å²) in [5, 5.41) is 2.97. The molecule has 3 aromatic carbocycles. The zero-order valence-corrected chi connectivity index (χ0v) is 19.8. The Morgan fingerprint density at radius 1 is 0.853 bits per heavy atom. The van der Waals surface area contributed by atoms with Gasteiger partial charge < -0.3 is 19.7 Å². The van der Waals surface area contributed by atoms with Crippen LogP contribution in [0, 0.1) is 0 Å². The average Bonchev–Trinajstić information content (AvgIpc) is 2.89. The highest BCUT2D eigenvalue weighted by Crippen LogP contribution is 2.26. The van der Waals surface area contributed by atoms with Crippen LogP contribution in [-0.4, -0.2) is 43.0 Å². The first-order valence-electron chi connectivity index (χ1n) is 11.5. The van der Waals surface area contributed by atoms with Crippen molar-refractivity contribution >= 4 is 11.8 Å². The number of hydrogen-bond acceptors (Lipinski definition) is 4. The van der Waals surface area contributed by atoms with E-state index in [4.69, 9.17) is 9.47 Å². The van der Waals surface area contributed by atoms with Crippen molar-refractivity contribution in [1.29, 1.82) is 0 Å². The average molecular weight is 461 g/mol. The second-order valence-electron chi connectivity index (χ2n) is 7.94. The molecule has 0 saturated carbocycles. The third kappa shape index (κ3) is 7.10. The molecule has 1 atom stereocenters. The predicted octanol–water partition coefficient (Wildman–Crippen LogP) is 4.24. The number of carbonyl (C=O) groups is 2. The van der Waals surface area contributed by atoms with Crippen LogP contribution >= 0.6 is 0 Å². The molecule has 0 aromatic heterocycles. The monoisotopic (exact) mass is 460 g/mol. The van der Waals surface area contributed by atoms with Crippen LogP contribution in [0.2, 0.25) is 0 Å². The molecule has 0 radical (unpaired) electrons. The molecule has 0 aliphatic rings. The minimum Gasteiger partial charge on any atom is -0.493 e. The van der Waals surface area contributed by atoms with Gasteiger partial charge in [0, 0.05) is 19.5 Å². The van der Waals surface area contributed by atoms with Crippen molar-refractivity contribution in [3.05, 3.63) is 96.1 Å². The molecule has 178 valence electrons. The molecule has 0 saturated heterocycles. The molecule has 34 heavy (non-hydrogen) atoms. The molecule has 3 aromatic rings. The van der Waals surface area contributed by atoms with Gasteiger partial charge in [0.2, 0.25) is 5.91 Å². The maximum absolute atomic E-state index is 13.5. The van der Waals surface area contributed by atoms with Crippen molar-refractivity contribution in [3.63, 3.8) is 0 Å². The molecular formula is C28H32N2O4. The first kappa shape index (κ1) is 24.8. The predicted molar refractivity (Wildman–Crippen MR) is 133 cm³/mol. The first-order chi connectivity index (χ1) is 16.6. The van der Waals surface area contributed by atoms with Crippen LogP contribution in [0.1, 0.15) is 24.5 Å². The van der Waals surface area contributed by atoms with Gasteiger partial charge in [0.25, 0.3) is 5.91 Å². The number of methoxy groups -OCH3 is 1. The lowest BCUT2D eigenvalue weighted by Gasteiger charge is -2.31. The summed E-state index contributed by atoms with van der Waals surface area (Å²) in [6.07, 6.45) is 1.22. The van der Waals surface area contributed by atoms with Crippen LogP contribution in [0.4, 0.5) is 0 Å². The van der Waals surface area contributed by atoms with Crippen molar-refractivity contribution in [1.82, 2.24) is 10.2 Å². The maximum Gasteiger partial charge on any atom is 0.261 e. The van der Waals surface area contributed by atoms with Crippen molar-refractivity contribution in [2.24, 2.45) is 0 Å². The number of amides is 2. The molecule has 0 heterocycles. The summed E-state index contributed by atoms with van der Waals surface area (Å²) < 4.78 is 11.2. The standard InChI is InChI=1S/C28H32N2O4/c1-3-18-29-28(32)24(19-22-12-6-4-7-13-22)30(20-23-14-8-5-9-15-23)27(31)21-34-26-17-11-10-16-25(26)33-2/h4-17,24H,3,18-21H2,1-2H3,(H,29,32)/t24-/m0/s1. The van der Waals surface area contributed by atoms with Gasteiger partial charge in [-0.3, -0.25) is 9.59 Å². The SMILES string of the molecule is CCCNC(=O)[C@H](Cc1ccccc1)N(Cc1ccccc1)C(=O)COc1ccccc1OC. The third-order valence-corrected chi connectivity index (χ3v) is 5.44. The summed E-state index contributed by atoms with van der Waals surface area (Å²) in [6, 6.07) is 25.9. The van der Waals surface area contributed by atoms with Gasteiger partial charge in [0.15, 0.2) is 18.1 Å². The van der Waals surface area contributed by atoms with E-state index in [9.17, 15) is 9.59 Å². The Kier molecular flexibility index (Phi) is 9.52. The van der Waals surface area contributed by atoms with Crippen molar-refractivity contribution in [2.75, 3.05) is 20.3 Å². The fraction of sp³-hybridized carbons (Fsp3) is 0.286. The van der Waals surface area contributed by atoms with E-state index in [1.54, 1.807) is 24.1 Å². The smallest absolute Gasteiger partial charge is 0.261 e. The van der Waals surface area contributed by atoms with Gasteiger partial charge in [-0.2, -0.15) is 0 Å². The zero-order chi connectivity index (χ0) is 24.2. The quantitative estimate of drug-likeness (QED) is 0.439. The van der Waals surface area contributed by atoms with E-state index >= 15 is 0 Å². The third-order valence-electron chi connectivity index (χ3n) is 5.44. The van der Waals surface area contributed by atoms with E-state index in [1.807, 2.05) is 79.7 Å². The van der Waals surface area contributed by atoms with Crippen LogP contribution in [0.25, 0.3) is 0 Å². The van der Waals surface area contributed by atoms with Gasteiger partial charge in [0.1, 0.15) is 6.04 Å². The molecular weight excluding hydrogens is 428 g/mol. The molecule has 0 spiro atoms. The van der Waals surface area contributed by atoms with Gasteiger partial charge in [-0.05, 0) is 29.7 Å². The Labute approximate surface area is 201 Å². The minimum atomic E-state index is -0.678. The lowest BCUT2D eigenvalue weighted by Crippen LogP contribution is -2.51. The molecule has 3 rings (SSSR count). The molecule has 6 heteroatoms. The van der Waals surface area contributed by atoms with Crippen molar-refractivity contribution < 1.29 is 19.1 Å². The number of nitrogens with one attached hydrogen (secondary N) is 1. The normalized spacial score (nSPS) is 11.4. The van der Waals surface area contributed by atoms with Gasteiger partial charge in [-0.15, -0.1) is 0 Å². The summed E-state index contributed by atoms with van der Waals surface area (Å²) in [7, 11) is 1.56. The van der Waals surface area contributed by atoms with E-state index < -0.39 is 6.04 Å². The summed E-state index contributed by atoms with van der Waals surface area (Å²) in [5.41, 5.74) is 1.92. The van der Waals surface area contributed by atoms with Crippen molar-refractivity contribution in [3.8, 4) is 11.5 Å². The van der Waals surface area contributed by atoms with Gasteiger partial charge in [-0.1, -0.05) is 79.7 Å². The van der Waals surface area contributed by atoms with E-state index in [2.05, 4.69) is 5.32 Å². The van der Waals surface area contributed by atoms with E-state index in [0.29, 0.717) is 31.0 Å². The summed E-state index contributed by atoms with van der Waals surface area (Å²) in [4.78, 5) is 28.4. The fourth-order valence-electron chi connectivity index (χ4n) is 3.66. The summed E-state index contributed by atoms with van der Waals surface area (Å²) in [5.74, 6) is 0.578. The maximum atomic E-state index is 13.5. The van der Waals surface area contributed by atoms with Crippen LogP contribution in [0.3, 0.4) is 0 Å². The van der Waals surface area contributed by atoms with Crippen LogP contribution in [0.5, 0.6) is 11.5 Å². The Morgan fingerprint density at radius 3 is 2.06 bits per heavy atom. The second-order valence-corrected chi connectivity index (χ2v) is 7.94. The van der Waals surface area contributed by atoms with E-state index in [1.165, 1.54) is 0 Å². The van der Waals surface area contributed by atoms with Crippen LogP contribution < -0.4 is 14.8 Å². The Morgan fingerprint density at radius 2 is 1.44 bits per heavy atom. The summed E-state index contributed by atoms with van der Waals surface area (Å²) in [6.45, 7) is 2.64. The highest BCUT2D eigenvalue weighted by atomic mass is 16.5. The lowest BCUT2D eigenvalue weighted by molar-refractivity contribution is -0.142. The molecule has 0 unspecified atom stereocenters. The van der Waals surface area contributed by atoms with Crippen LogP contribution in [-0.2, 0) is 22.6 Å². The highest BCUT2D eigenvalue weighted by molar-refractivity contribution is 5.88. The number of carbonyl (C=O) groups excluding carboxylic acids is 2.